The Kier molecular flexibility index (Phi) is 3.93. The van der Waals surface area contributed by atoms with E-state index in [-0.39, 0.29) is 11.5 Å². The summed E-state index contributed by atoms with van der Waals surface area (Å²) < 4.78 is 5.18. The molecule has 5 nitrogen and oxygen atoms in total. The summed E-state index contributed by atoms with van der Waals surface area (Å²) in [5.41, 5.74) is 1.68. The number of carbonyl (C=O) groups excluding carboxylic acids is 1. The quantitative estimate of drug-likeness (QED) is 0.777. The molecule has 3 aromatic heterocycles. The van der Waals surface area contributed by atoms with Gasteiger partial charge in [0.15, 0.2) is 0 Å². The van der Waals surface area contributed by atoms with Crippen LogP contribution in [0.5, 0.6) is 0 Å². The lowest BCUT2D eigenvalue weighted by Gasteiger charge is -2.02. The van der Waals surface area contributed by atoms with E-state index in [0.29, 0.717) is 17.2 Å². The van der Waals surface area contributed by atoms with Crippen LogP contribution in [0.1, 0.15) is 21.0 Å². The van der Waals surface area contributed by atoms with Gasteiger partial charge in [-0.3, -0.25) is 9.59 Å². The molecule has 0 radical (unpaired) electrons. The standard InChI is InChI=1S/C16H14N2O3S/c1-10-7-15(19)17-9-12(10)13-4-5-14(22-13)16(20)18-8-11-3-2-6-21-11/h2-7,9H,8H2,1H3,(H,17,19)(H,18,20). The minimum atomic E-state index is -0.144. The lowest BCUT2D eigenvalue weighted by molar-refractivity contribution is 0.0952. The predicted molar refractivity (Wildman–Crippen MR) is 85.0 cm³/mol. The van der Waals surface area contributed by atoms with Gasteiger partial charge in [-0.05, 0) is 36.8 Å². The molecular formula is C16H14N2O3S. The molecule has 0 fully saturated rings. The summed E-state index contributed by atoms with van der Waals surface area (Å²) in [4.78, 5) is 27.6. The molecule has 3 aromatic rings. The molecule has 6 heteroatoms. The van der Waals surface area contributed by atoms with Gasteiger partial charge in [-0.2, -0.15) is 0 Å². The van der Waals surface area contributed by atoms with Crippen LogP contribution >= 0.6 is 11.3 Å². The van der Waals surface area contributed by atoms with Crippen molar-refractivity contribution < 1.29 is 9.21 Å². The van der Waals surface area contributed by atoms with Crippen molar-refractivity contribution in [2.45, 2.75) is 13.5 Å². The van der Waals surface area contributed by atoms with Crippen molar-refractivity contribution in [1.29, 1.82) is 0 Å². The lowest BCUT2D eigenvalue weighted by Crippen LogP contribution is -2.21. The Labute approximate surface area is 130 Å². The average Bonchev–Trinajstić information content (AvgIpc) is 3.16. The molecule has 0 unspecified atom stereocenters. The minimum Gasteiger partial charge on any atom is -0.467 e. The zero-order valence-corrected chi connectivity index (χ0v) is 12.7. The Hall–Kier alpha value is -2.60. The number of furan rings is 1. The molecule has 0 aliphatic heterocycles. The Morgan fingerprint density at radius 2 is 2.23 bits per heavy atom. The molecule has 0 atom stereocenters. The second-order valence-electron chi connectivity index (χ2n) is 4.82. The summed E-state index contributed by atoms with van der Waals surface area (Å²) in [6.45, 7) is 2.23. The van der Waals surface area contributed by atoms with E-state index >= 15 is 0 Å². The monoisotopic (exact) mass is 314 g/mol. The Bertz CT molecular complexity index is 846. The third-order valence-electron chi connectivity index (χ3n) is 3.23. The molecule has 0 aromatic carbocycles. The number of rotatable bonds is 4. The number of nitrogens with one attached hydrogen (secondary N) is 2. The highest BCUT2D eigenvalue weighted by molar-refractivity contribution is 7.17. The average molecular weight is 314 g/mol. The fourth-order valence-electron chi connectivity index (χ4n) is 2.11. The molecule has 0 aliphatic carbocycles. The first-order chi connectivity index (χ1) is 10.6. The topological polar surface area (TPSA) is 75.1 Å². The number of hydrogen-bond donors (Lipinski definition) is 2. The van der Waals surface area contributed by atoms with Gasteiger partial charge in [0.25, 0.3) is 5.91 Å². The van der Waals surface area contributed by atoms with Crippen molar-refractivity contribution in [2.75, 3.05) is 0 Å². The third-order valence-corrected chi connectivity index (χ3v) is 4.35. The molecule has 0 aliphatic rings. The molecule has 2 N–H and O–H groups in total. The van der Waals surface area contributed by atoms with E-state index in [1.54, 1.807) is 30.7 Å². The summed E-state index contributed by atoms with van der Waals surface area (Å²) in [6.07, 6.45) is 3.25. The Morgan fingerprint density at radius 3 is 2.95 bits per heavy atom. The number of carbonyl (C=O) groups is 1. The van der Waals surface area contributed by atoms with Crippen molar-refractivity contribution in [3.05, 3.63) is 69.3 Å². The summed E-state index contributed by atoms with van der Waals surface area (Å²) >= 11 is 1.39. The first-order valence-electron chi connectivity index (χ1n) is 6.73. The van der Waals surface area contributed by atoms with E-state index in [4.69, 9.17) is 4.42 Å². The van der Waals surface area contributed by atoms with E-state index in [0.717, 1.165) is 16.0 Å². The van der Waals surface area contributed by atoms with E-state index in [1.165, 1.54) is 11.3 Å². The zero-order chi connectivity index (χ0) is 15.5. The number of amides is 1. The van der Waals surface area contributed by atoms with Gasteiger partial charge in [-0.25, -0.2) is 0 Å². The highest BCUT2D eigenvalue weighted by Gasteiger charge is 2.12. The normalized spacial score (nSPS) is 10.6. The van der Waals surface area contributed by atoms with Crippen molar-refractivity contribution in [1.82, 2.24) is 10.3 Å². The Balaban J connectivity index is 1.75. The number of aromatic amines is 1. The van der Waals surface area contributed by atoms with Crippen molar-refractivity contribution in [3.63, 3.8) is 0 Å². The highest BCUT2D eigenvalue weighted by Crippen LogP contribution is 2.29. The number of H-pyrrole nitrogens is 1. The molecule has 22 heavy (non-hydrogen) atoms. The smallest absolute Gasteiger partial charge is 0.261 e. The minimum absolute atomic E-state index is 0.130. The first kappa shape index (κ1) is 14.3. The predicted octanol–water partition coefficient (Wildman–Crippen LogP) is 2.93. The van der Waals surface area contributed by atoms with Crippen LogP contribution < -0.4 is 10.9 Å². The molecule has 0 bridgehead atoms. The van der Waals surface area contributed by atoms with Gasteiger partial charge >= 0.3 is 0 Å². The van der Waals surface area contributed by atoms with Crippen LogP contribution in [0.25, 0.3) is 10.4 Å². The number of aromatic nitrogens is 1. The second kappa shape index (κ2) is 6.03. The van der Waals surface area contributed by atoms with Gasteiger partial charge in [0, 0.05) is 22.7 Å². The van der Waals surface area contributed by atoms with Gasteiger partial charge in [-0.15, -0.1) is 11.3 Å². The molecule has 0 spiro atoms. The van der Waals surface area contributed by atoms with Gasteiger partial charge in [0.05, 0.1) is 17.7 Å². The van der Waals surface area contributed by atoms with E-state index < -0.39 is 0 Å². The molecule has 3 heterocycles. The molecule has 1 amide bonds. The summed E-state index contributed by atoms with van der Waals surface area (Å²) in [6, 6.07) is 8.80. The fraction of sp³-hybridized carbons (Fsp3) is 0.125. The highest BCUT2D eigenvalue weighted by atomic mass is 32.1. The summed E-state index contributed by atoms with van der Waals surface area (Å²) in [7, 11) is 0. The van der Waals surface area contributed by atoms with E-state index in [2.05, 4.69) is 10.3 Å². The van der Waals surface area contributed by atoms with Gasteiger partial charge in [0.1, 0.15) is 5.76 Å². The van der Waals surface area contributed by atoms with Crippen molar-refractivity contribution >= 4 is 17.2 Å². The van der Waals surface area contributed by atoms with Crippen molar-refractivity contribution in [2.24, 2.45) is 0 Å². The SMILES string of the molecule is Cc1cc(=O)[nH]cc1-c1ccc(C(=O)NCc2ccco2)s1. The number of pyridine rings is 1. The lowest BCUT2D eigenvalue weighted by atomic mass is 10.1. The van der Waals surface area contributed by atoms with Gasteiger partial charge in [-0.1, -0.05) is 0 Å². The maximum Gasteiger partial charge on any atom is 0.261 e. The molecule has 3 rings (SSSR count). The van der Waals surface area contributed by atoms with Crippen molar-refractivity contribution in [3.8, 4) is 10.4 Å². The van der Waals surface area contributed by atoms with Crippen LogP contribution in [0, 0.1) is 6.92 Å². The fourth-order valence-corrected chi connectivity index (χ4v) is 3.11. The number of hydrogen-bond acceptors (Lipinski definition) is 4. The van der Waals surface area contributed by atoms with Gasteiger partial charge in [0.2, 0.25) is 5.56 Å². The van der Waals surface area contributed by atoms with Crippen LogP contribution in [0.4, 0.5) is 0 Å². The first-order valence-corrected chi connectivity index (χ1v) is 7.55. The van der Waals surface area contributed by atoms with Gasteiger partial charge < -0.3 is 14.7 Å². The van der Waals surface area contributed by atoms with E-state index in [1.807, 2.05) is 19.1 Å². The van der Waals surface area contributed by atoms with Crippen LogP contribution in [0.3, 0.4) is 0 Å². The van der Waals surface area contributed by atoms with Crippen LogP contribution in [-0.4, -0.2) is 10.9 Å². The van der Waals surface area contributed by atoms with Crippen LogP contribution in [0.15, 0.2) is 52.0 Å². The number of aryl methyl sites for hydroxylation is 1. The largest absolute Gasteiger partial charge is 0.467 e. The van der Waals surface area contributed by atoms with Crippen LogP contribution in [-0.2, 0) is 6.54 Å². The number of thiophene rings is 1. The molecule has 0 saturated heterocycles. The second-order valence-corrected chi connectivity index (χ2v) is 5.90. The van der Waals surface area contributed by atoms with Crippen LogP contribution in [0.2, 0.25) is 0 Å². The maximum atomic E-state index is 12.1. The molecular weight excluding hydrogens is 300 g/mol. The summed E-state index contributed by atoms with van der Waals surface area (Å²) in [5, 5.41) is 2.81. The third kappa shape index (κ3) is 3.01. The summed E-state index contributed by atoms with van der Waals surface area (Å²) in [5.74, 6) is 0.566. The zero-order valence-electron chi connectivity index (χ0n) is 11.9. The van der Waals surface area contributed by atoms with E-state index in [9.17, 15) is 9.59 Å². The Morgan fingerprint density at radius 1 is 1.36 bits per heavy atom. The molecule has 0 saturated carbocycles. The maximum absolute atomic E-state index is 12.1. The molecule has 112 valence electrons.